The highest BCUT2D eigenvalue weighted by molar-refractivity contribution is 5.80. The highest BCUT2D eigenvalue weighted by Crippen LogP contribution is 2.97. The van der Waals surface area contributed by atoms with Crippen LogP contribution in [-0.2, 0) is 0 Å². The molecule has 1 aromatic heterocycles. The van der Waals surface area contributed by atoms with Crippen LogP contribution in [0.1, 0.15) is 28.7 Å². The summed E-state index contributed by atoms with van der Waals surface area (Å²) in [7, 11) is 0. The largest absolute Gasteiger partial charge is 0.255 e. The SMILES string of the molecule is C(=Nc1cc2ccc1[C@H]1[C@@H]3C4C5C2[C@@H]2[C@H]6C5[C@H]5[C@@H]4[C@H]3[C@@H]([C@@H]65)[C@H]12)c1ccccn1. The first-order valence-corrected chi connectivity index (χ1v) is 11.5. The van der Waals surface area contributed by atoms with Gasteiger partial charge in [0.1, 0.15) is 0 Å². The lowest BCUT2D eigenvalue weighted by Crippen LogP contribution is -2.46. The summed E-state index contributed by atoms with van der Waals surface area (Å²) < 4.78 is 0. The molecule has 1 aromatic carbocycles. The highest BCUT2D eigenvalue weighted by Gasteiger charge is 2.92. The van der Waals surface area contributed by atoms with Crippen LogP contribution in [0.5, 0.6) is 0 Å². The van der Waals surface area contributed by atoms with Gasteiger partial charge in [-0.05, 0) is 112 Å². The van der Waals surface area contributed by atoms with Gasteiger partial charge in [-0.1, -0.05) is 18.2 Å². The Morgan fingerprint density at radius 1 is 0.679 bits per heavy atom. The second-order valence-electron chi connectivity index (χ2n) is 11.3. The summed E-state index contributed by atoms with van der Waals surface area (Å²) in [6, 6.07) is 13.6. The molecule has 0 spiro atoms. The quantitative estimate of drug-likeness (QED) is 0.722. The summed E-state index contributed by atoms with van der Waals surface area (Å²) in [5.41, 5.74) is 5.49. The lowest BCUT2D eigenvalue weighted by molar-refractivity contribution is -0.0168. The molecule has 2 heteroatoms. The summed E-state index contributed by atoms with van der Waals surface area (Å²) in [6.45, 7) is 0. The third-order valence-electron chi connectivity index (χ3n) is 11.6. The van der Waals surface area contributed by atoms with Crippen molar-refractivity contribution in [2.75, 3.05) is 0 Å². The summed E-state index contributed by atoms with van der Waals surface area (Å²) in [6.07, 6.45) is 3.86. The predicted octanol–water partition coefficient (Wildman–Crippen LogP) is 4.50. The first kappa shape index (κ1) is 13.3. The average Bonchev–Trinajstić information content (AvgIpc) is 3.34. The fraction of sp³-hybridized carbons (Fsp3) is 0.538. The lowest BCUT2D eigenvalue weighted by atomic mass is 9.54. The number of hydrogen-bond acceptors (Lipinski definition) is 2. The minimum Gasteiger partial charge on any atom is -0.255 e. The van der Waals surface area contributed by atoms with Gasteiger partial charge in [0.25, 0.3) is 0 Å². The molecule has 14 atom stereocenters. The van der Waals surface area contributed by atoms with E-state index in [1.54, 1.807) is 11.1 Å². The monoisotopic (exact) mass is 362 g/mol. The smallest absolute Gasteiger partial charge is 0.0812 e. The number of pyridine rings is 1. The molecule has 1 heterocycles. The Bertz CT molecular complexity index is 1140. The van der Waals surface area contributed by atoms with Gasteiger partial charge in [0.05, 0.1) is 17.6 Å². The van der Waals surface area contributed by atoms with Crippen LogP contribution in [0, 0.1) is 71.0 Å². The van der Waals surface area contributed by atoms with Gasteiger partial charge in [0.2, 0.25) is 0 Å². The van der Waals surface area contributed by atoms with Crippen LogP contribution in [0.25, 0.3) is 0 Å². The Labute approximate surface area is 164 Å². The molecule has 0 saturated heterocycles. The van der Waals surface area contributed by atoms with E-state index in [0.717, 1.165) is 82.6 Å². The number of aromatic nitrogens is 1. The van der Waals surface area contributed by atoms with Gasteiger partial charge in [-0.3, -0.25) is 9.98 Å². The van der Waals surface area contributed by atoms with E-state index in [4.69, 9.17) is 4.99 Å². The Morgan fingerprint density at radius 3 is 2.07 bits per heavy atom. The zero-order valence-corrected chi connectivity index (χ0v) is 15.6. The van der Waals surface area contributed by atoms with Gasteiger partial charge < -0.3 is 0 Å². The molecule has 9 aliphatic carbocycles. The first-order chi connectivity index (χ1) is 13.9. The number of hydrogen-bond donors (Lipinski definition) is 0. The maximum absolute atomic E-state index is 5.04. The van der Waals surface area contributed by atoms with Gasteiger partial charge >= 0.3 is 0 Å². The number of nitrogens with zero attached hydrogens (tertiary/aromatic N) is 2. The van der Waals surface area contributed by atoms with Crippen LogP contribution < -0.4 is 0 Å². The van der Waals surface area contributed by atoms with Crippen LogP contribution >= 0.6 is 0 Å². The van der Waals surface area contributed by atoms with Crippen molar-refractivity contribution >= 4 is 11.9 Å². The molecular weight excluding hydrogens is 340 g/mol. The third-order valence-corrected chi connectivity index (χ3v) is 11.6. The van der Waals surface area contributed by atoms with E-state index in [-0.39, 0.29) is 0 Å². The molecule has 2 aromatic rings. The maximum Gasteiger partial charge on any atom is 0.0812 e. The Kier molecular flexibility index (Phi) is 1.79. The van der Waals surface area contributed by atoms with E-state index >= 15 is 0 Å². The normalized spacial score (nSPS) is 60.0. The number of benzene rings is 1. The second-order valence-corrected chi connectivity index (χ2v) is 11.3. The lowest BCUT2D eigenvalue weighted by Gasteiger charge is -2.50. The standard InChI is InChI=1S/C26H22N2/c1-2-6-27-10(3-1)8-28-12-7-9-4-5-11(12)14-17-15-13(9)16-19-18(14)23-22(17)25-20(15)21(16)26(25)24(19)23/h1-8,13-26H/t13?,14-,15+,16?,17-,18-,19?,20+,21?,22+,23-,24+,25-,26+/m1/s1. The van der Waals surface area contributed by atoms with Crippen LogP contribution in [0.3, 0.4) is 0 Å². The minimum absolute atomic E-state index is 0.825. The third kappa shape index (κ3) is 1.02. The molecule has 11 rings (SSSR count). The number of rotatable bonds is 2. The molecule has 9 aliphatic rings. The molecule has 28 heavy (non-hydrogen) atoms. The Hall–Kier alpha value is -1.96. The molecule has 0 N–H and O–H groups in total. The van der Waals surface area contributed by atoms with Gasteiger partial charge in [-0.25, -0.2) is 0 Å². The molecular formula is C26H22N2. The summed E-state index contributed by atoms with van der Waals surface area (Å²) in [5.74, 6) is 14.9. The van der Waals surface area contributed by atoms with Gasteiger partial charge in [0, 0.05) is 6.20 Å². The van der Waals surface area contributed by atoms with Crippen LogP contribution in [0.2, 0.25) is 0 Å². The zero-order chi connectivity index (χ0) is 17.5. The van der Waals surface area contributed by atoms with Crippen molar-refractivity contribution in [3.8, 4) is 0 Å². The summed E-state index contributed by atoms with van der Waals surface area (Å²) >= 11 is 0. The molecule has 7 fully saturated rings. The van der Waals surface area contributed by atoms with Gasteiger partial charge in [-0.2, -0.15) is 0 Å². The molecule has 0 aliphatic heterocycles. The second kappa shape index (κ2) is 3.76. The maximum atomic E-state index is 5.04. The van der Waals surface area contributed by atoms with E-state index in [1.165, 1.54) is 11.6 Å². The fourth-order valence-electron chi connectivity index (χ4n) is 11.9. The van der Waals surface area contributed by atoms with Crippen LogP contribution in [0.15, 0.2) is 47.6 Å². The zero-order valence-electron chi connectivity index (χ0n) is 15.6. The summed E-state index contributed by atoms with van der Waals surface area (Å²) in [4.78, 5) is 9.50. The van der Waals surface area contributed by atoms with Gasteiger partial charge in [-0.15, -0.1) is 0 Å². The van der Waals surface area contributed by atoms with E-state index in [9.17, 15) is 0 Å². The molecule has 7 saturated carbocycles. The Morgan fingerprint density at radius 2 is 1.32 bits per heavy atom. The van der Waals surface area contributed by atoms with Crippen molar-refractivity contribution in [1.82, 2.24) is 4.98 Å². The number of aliphatic imine (C=N–C) groups is 1. The van der Waals surface area contributed by atoms with Crippen molar-refractivity contribution < 1.29 is 0 Å². The topological polar surface area (TPSA) is 25.2 Å². The number of fused-ring (bicyclic) bond motifs is 4. The van der Waals surface area contributed by atoms with E-state index in [1.807, 2.05) is 18.5 Å². The Balaban J connectivity index is 1.23. The van der Waals surface area contributed by atoms with E-state index in [0.29, 0.717) is 0 Å². The van der Waals surface area contributed by atoms with Crippen LogP contribution in [0.4, 0.5) is 5.69 Å². The predicted molar refractivity (Wildman–Crippen MR) is 105 cm³/mol. The summed E-state index contributed by atoms with van der Waals surface area (Å²) in [5, 5.41) is 0. The highest BCUT2D eigenvalue weighted by atomic mass is 15.0. The van der Waals surface area contributed by atoms with Crippen molar-refractivity contribution in [1.29, 1.82) is 0 Å². The molecule has 136 valence electrons. The van der Waals surface area contributed by atoms with Crippen LogP contribution in [-0.4, -0.2) is 11.2 Å². The van der Waals surface area contributed by atoms with Gasteiger partial charge in [0.15, 0.2) is 0 Å². The molecule has 4 unspecified atom stereocenters. The molecule has 2 bridgehead atoms. The van der Waals surface area contributed by atoms with E-state index < -0.39 is 0 Å². The first-order valence-electron chi connectivity index (χ1n) is 11.5. The molecule has 0 amide bonds. The minimum atomic E-state index is 0.825. The van der Waals surface area contributed by atoms with Crippen molar-refractivity contribution in [2.24, 2.45) is 76.0 Å². The van der Waals surface area contributed by atoms with Crippen molar-refractivity contribution in [3.63, 3.8) is 0 Å². The molecule has 2 nitrogen and oxygen atoms in total. The van der Waals surface area contributed by atoms with Crippen molar-refractivity contribution in [2.45, 2.75) is 11.8 Å². The molecule has 0 radical (unpaired) electrons. The van der Waals surface area contributed by atoms with Crippen molar-refractivity contribution in [3.05, 3.63) is 59.4 Å². The average molecular weight is 362 g/mol. The fourth-order valence-corrected chi connectivity index (χ4v) is 11.9. The van der Waals surface area contributed by atoms with E-state index in [2.05, 4.69) is 35.3 Å².